The van der Waals surface area contributed by atoms with Gasteiger partial charge in [0.15, 0.2) is 12.3 Å². The third kappa shape index (κ3) is 4.65. The van der Waals surface area contributed by atoms with Gasteiger partial charge in [-0.1, -0.05) is 56.3 Å². The van der Waals surface area contributed by atoms with Gasteiger partial charge in [-0.05, 0) is 30.5 Å². The first kappa shape index (κ1) is 19.4. The van der Waals surface area contributed by atoms with Crippen LogP contribution >= 0.6 is 0 Å². The average Bonchev–Trinajstić information content (AvgIpc) is 3.09. The summed E-state index contributed by atoms with van der Waals surface area (Å²) in [7, 11) is 0. The maximum Gasteiger partial charge on any atom is 0.359 e. The number of H-pyrrole nitrogens is 1. The first-order chi connectivity index (χ1) is 13.4. The molecule has 144 valence electrons. The maximum atomic E-state index is 12.3. The van der Waals surface area contributed by atoms with Gasteiger partial charge >= 0.3 is 5.97 Å². The van der Waals surface area contributed by atoms with Crippen LogP contribution in [-0.2, 0) is 9.53 Å². The van der Waals surface area contributed by atoms with Gasteiger partial charge in [0.2, 0.25) is 0 Å². The average molecular weight is 377 g/mol. The Bertz CT molecular complexity index is 978. The largest absolute Gasteiger partial charge is 0.451 e. The molecule has 0 aliphatic heterocycles. The lowest BCUT2D eigenvalue weighted by Crippen LogP contribution is -2.21. The summed E-state index contributed by atoms with van der Waals surface area (Å²) >= 11 is 0. The number of benzene rings is 2. The molecule has 1 aromatic heterocycles. The number of carbonyl (C=O) groups is 2. The fourth-order valence-electron chi connectivity index (χ4n) is 2.76. The van der Waals surface area contributed by atoms with Crippen molar-refractivity contribution >= 4 is 17.6 Å². The van der Waals surface area contributed by atoms with Crippen LogP contribution in [0.3, 0.4) is 0 Å². The Kier molecular flexibility index (Phi) is 5.89. The molecule has 2 N–H and O–H groups in total. The van der Waals surface area contributed by atoms with Gasteiger partial charge in [0.25, 0.3) is 5.91 Å². The SMILES string of the molecule is Cc1[nH]c(-c2ccccc2)nc1C(=O)OCC(=O)Nc1cccc(C(C)C)c1. The third-order valence-electron chi connectivity index (χ3n) is 4.30. The van der Waals surface area contributed by atoms with Crippen LogP contribution in [0.5, 0.6) is 0 Å². The lowest BCUT2D eigenvalue weighted by Gasteiger charge is -2.09. The molecule has 0 spiro atoms. The molecule has 0 bridgehead atoms. The predicted molar refractivity (Wildman–Crippen MR) is 108 cm³/mol. The molecular formula is C22H23N3O3. The Morgan fingerprint density at radius 1 is 1.11 bits per heavy atom. The van der Waals surface area contributed by atoms with Gasteiger partial charge in [-0.3, -0.25) is 4.79 Å². The fraction of sp³-hybridized carbons (Fsp3) is 0.227. The van der Waals surface area contributed by atoms with Crippen molar-refractivity contribution in [1.82, 2.24) is 9.97 Å². The minimum Gasteiger partial charge on any atom is -0.451 e. The van der Waals surface area contributed by atoms with Crippen LogP contribution in [0.15, 0.2) is 54.6 Å². The first-order valence-corrected chi connectivity index (χ1v) is 9.13. The number of aromatic nitrogens is 2. The van der Waals surface area contributed by atoms with Gasteiger partial charge in [0.05, 0.1) is 0 Å². The summed E-state index contributed by atoms with van der Waals surface area (Å²) in [5.41, 5.74) is 3.43. The Hall–Kier alpha value is -3.41. The van der Waals surface area contributed by atoms with E-state index in [1.165, 1.54) is 0 Å². The normalized spacial score (nSPS) is 10.7. The van der Waals surface area contributed by atoms with E-state index in [-0.39, 0.29) is 12.3 Å². The van der Waals surface area contributed by atoms with Crippen molar-refractivity contribution in [3.05, 3.63) is 71.5 Å². The third-order valence-corrected chi connectivity index (χ3v) is 4.30. The molecular weight excluding hydrogens is 354 g/mol. The number of aryl methyl sites for hydroxylation is 1. The van der Waals surface area contributed by atoms with Crippen molar-refractivity contribution in [3.8, 4) is 11.4 Å². The fourth-order valence-corrected chi connectivity index (χ4v) is 2.76. The topological polar surface area (TPSA) is 84.1 Å². The summed E-state index contributed by atoms with van der Waals surface area (Å²) in [6.07, 6.45) is 0. The number of rotatable bonds is 6. The van der Waals surface area contributed by atoms with E-state index in [4.69, 9.17) is 4.74 Å². The monoisotopic (exact) mass is 377 g/mol. The molecule has 0 atom stereocenters. The number of hydrogen-bond donors (Lipinski definition) is 2. The number of ether oxygens (including phenoxy) is 1. The number of imidazole rings is 1. The van der Waals surface area contributed by atoms with Crippen molar-refractivity contribution in [3.63, 3.8) is 0 Å². The number of anilines is 1. The standard InChI is InChI=1S/C22H23N3O3/c1-14(2)17-10-7-11-18(12-17)24-19(26)13-28-22(27)20-15(3)23-21(25-20)16-8-5-4-6-9-16/h4-12,14H,13H2,1-3H3,(H,23,25)(H,24,26). The Morgan fingerprint density at radius 2 is 1.86 bits per heavy atom. The summed E-state index contributed by atoms with van der Waals surface area (Å²) in [4.78, 5) is 31.8. The second kappa shape index (κ2) is 8.52. The van der Waals surface area contributed by atoms with E-state index < -0.39 is 11.9 Å². The zero-order valence-electron chi connectivity index (χ0n) is 16.2. The quantitative estimate of drug-likeness (QED) is 0.627. The lowest BCUT2D eigenvalue weighted by molar-refractivity contribution is -0.119. The van der Waals surface area contributed by atoms with Crippen LogP contribution in [0.4, 0.5) is 5.69 Å². The van der Waals surface area contributed by atoms with Crippen LogP contribution in [0, 0.1) is 6.92 Å². The minimum absolute atomic E-state index is 0.174. The molecule has 0 saturated heterocycles. The van der Waals surface area contributed by atoms with Crippen LogP contribution < -0.4 is 5.32 Å². The summed E-state index contributed by atoms with van der Waals surface area (Å²) in [6.45, 7) is 5.53. The number of esters is 1. The Labute approximate surface area is 164 Å². The van der Waals surface area contributed by atoms with E-state index in [0.29, 0.717) is 23.1 Å². The number of aromatic amines is 1. The lowest BCUT2D eigenvalue weighted by atomic mass is 10.0. The Morgan fingerprint density at radius 3 is 2.57 bits per heavy atom. The Balaban J connectivity index is 1.60. The molecule has 6 nitrogen and oxygen atoms in total. The van der Waals surface area contributed by atoms with Crippen molar-refractivity contribution in [2.75, 3.05) is 11.9 Å². The van der Waals surface area contributed by atoms with Gasteiger partial charge in [0, 0.05) is 16.9 Å². The summed E-state index contributed by atoms with van der Waals surface area (Å²) in [6, 6.07) is 17.1. The van der Waals surface area contributed by atoms with Crippen molar-refractivity contribution in [2.45, 2.75) is 26.7 Å². The second-order valence-corrected chi connectivity index (χ2v) is 6.83. The van der Waals surface area contributed by atoms with E-state index in [1.54, 1.807) is 13.0 Å². The highest BCUT2D eigenvalue weighted by Gasteiger charge is 2.18. The number of nitrogens with one attached hydrogen (secondary N) is 2. The molecule has 0 saturated carbocycles. The van der Waals surface area contributed by atoms with Gasteiger partial charge in [-0.15, -0.1) is 0 Å². The number of nitrogens with zero attached hydrogens (tertiary/aromatic N) is 1. The molecule has 0 radical (unpaired) electrons. The second-order valence-electron chi connectivity index (χ2n) is 6.83. The molecule has 0 unspecified atom stereocenters. The highest BCUT2D eigenvalue weighted by Crippen LogP contribution is 2.19. The van der Waals surface area contributed by atoms with E-state index in [9.17, 15) is 9.59 Å². The van der Waals surface area contributed by atoms with Crippen molar-refractivity contribution in [1.29, 1.82) is 0 Å². The zero-order chi connectivity index (χ0) is 20.1. The first-order valence-electron chi connectivity index (χ1n) is 9.13. The van der Waals surface area contributed by atoms with Crippen LogP contribution in [0.2, 0.25) is 0 Å². The molecule has 1 heterocycles. The van der Waals surface area contributed by atoms with Crippen molar-refractivity contribution < 1.29 is 14.3 Å². The van der Waals surface area contributed by atoms with Crippen LogP contribution in [0.1, 0.15) is 41.5 Å². The molecule has 6 heteroatoms. The highest BCUT2D eigenvalue weighted by atomic mass is 16.5. The summed E-state index contributed by atoms with van der Waals surface area (Å²) in [5, 5.41) is 2.75. The van der Waals surface area contributed by atoms with E-state index in [0.717, 1.165) is 11.1 Å². The van der Waals surface area contributed by atoms with E-state index >= 15 is 0 Å². The van der Waals surface area contributed by atoms with Crippen LogP contribution in [-0.4, -0.2) is 28.5 Å². The van der Waals surface area contributed by atoms with E-state index in [1.807, 2.05) is 48.5 Å². The number of hydrogen-bond acceptors (Lipinski definition) is 4. The predicted octanol–water partition coefficient (Wildman–Crippen LogP) is 4.30. The van der Waals surface area contributed by atoms with Crippen molar-refractivity contribution in [2.24, 2.45) is 0 Å². The summed E-state index contributed by atoms with van der Waals surface area (Å²) in [5.74, 6) is -0.0936. The van der Waals surface area contributed by atoms with Gasteiger partial charge < -0.3 is 15.0 Å². The molecule has 3 aromatic rings. The van der Waals surface area contributed by atoms with Gasteiger partial charge in [-0.2, -0.15) is 0 Å². The zero-order valence-corrected chi connectivity index (χ0v) is 16.2. The highest BCUT2D eigenvalue weighted by molar-refractivity contribution is 5.95. The molecule has 2 aromatic carbocycles. The smallest absolute Gasteiger partial charge is 0.359 e. The minimum atomic E-state index is -0.637. The molecule has 28 heavy (non-hydrogen) atoms. The molecule has 3 rings (SSSR count). The molecule has 1 amide bonds. The molecule has 0 aliphatic carbocycles. The number of amides is 1. The maximum absolute atomic E-state index is 12.3. The van der Waals surface area contributed by atoms with Gasteiger partial charge in [-0.25, -0.2) is 9.78 Å². The molecule has 0 fully saturated rings. The van der Waals surface area contributed by atoms with Gasteiger partial charge in [0.1, 0.15) is 5.82 Å². The van der Waals surface area contributed by atoms with E-state index in [2.05, 4.69) is 29.1 Å². The molecule has 0 aliphatic rings. The van der Waals surface area contributed by atoms with Crippen LogP contribution in [0.25, 0.3) is 11.4 Å². The number of carbonyl (C=O) groups excluding carboxylic acids is 2. The summed E-state index contributed by atoms with van der Waals surface area (Å²) < 4.78 is 5.14.